The van der Waals surface area contributed by atoms with Gasteiger partial charge in [-0.05, 0) is 46.5 Å². The first kappa shape index (κ1) is 18.5. The van der Waals surface area contributed by atoms with Gasteiger partial charge in [0, 0.05) is 0 Å². The van der Waals surface area contributed by atoms with E-state index in [1.807, 2.05) is 36.4 Å². The lowest BCUT2D eigenvalue weighted by Crippen LogP contribution is -2.28. The molecule has 30 heavy (non-hydrogen) atoms. The van der Waals surface area contributed by atoms with Crippen LogP contribution < -0.4 is 15.0 Å². The van der Waals surface area contributed by atoms with E-state index in [0.29, 0.717) is 11.5 Å². The summed E-state index contributed by atoms with van der Waals surface area (Å²) in [5, 5.41) is 4.52. The molecule has 0 aliphatic heterocycles. The minimum atomic E-state index is -0.394. The summed E-state index contributed by atoms with van der Waals surface area (Å²) < 4.78 is 12.5. The smallest absolute Gasteiger partial charge is 0.312 e. The number of fused-ring (bicyclic) bond motifs is 3. The van der Waals surface area contributed by atoms with Crippen molar-refractivity contribution < 1.29 is 9.47 Å². The fourth-order valence-corrected chi connectivity index (χ4v) is 4.02. The molecule has 0 saturated carbocycles. The van der Waals surface area contributed by atoms with Gasteiger partial charge in [0.2, 0.25) is 5.75 Å². The van der Waals surface area contributed by atoms with E-state index in [1.165, 1.54) is 10.9 Å². The van der Waals surface area contributed by atoms with E-state index in [4.69, 9.17) is 21.1 Å². The third-order valence-electron chi connectivity index (χ3n) is 5.24. The molecule has 0 amide bonds. The van der Waals surface area contributed by atoms with Crippen molar-refractivity contribution in [1.82, 2.24) is 9.78 Å². The van der Waals surface area contributed by atoms with Crippen LogP contribution in [0.25, 0.3) is 11.1 Å². The van der Waals surface area contributed by atoms with Crippen molar-refractivity contribution >= 4 is 11.6 Å². The maximum Gasteiger partial charge on any atom is 0.312 e. The third kappa shape index (κ3) is 2.95. The van der Waals surface area contributed by atoms with Crippen molar-refractivity contribution in [1.29, 1.82) is 0 Å². The van der Waals surface area contributed by atoms with Crippen LogP contribution in [0.1, 0.15) is 17.2 Å². The molecule has 1 aliphatic rings. The van der Waals surface area contributed by atoms with Crippen molar-refractivity contribution in [2.24, 2.45) is 0 Å². The first-order chi connectivity index (χ1) is 14.7. The lowest BCUT2D eigenvalue weighted by Gasteiger charge is -2.17. The van der Waals surface area contributed by atoms with Crippen molar-refractivity contribution in [3.8, 4) is 28.4 Å². The molecule has 0 fully saturated rings. The summed E-state index contributed by atoms with van der Waals surface area (Å²) in [6, 6.07) is 22.7. The molecule has 1 aromatic heterocycles. The predicted molar refractivity (Wildman–Crippen MR) is 116 cm³/mol. The monoisotopic (exact) mass is 416 g/mol. The second-order valence-electron chi connectivity index (χ2n) is 6.93. The van der Waals surface area contributed by atoms with E-state index in [-0.39, 0.29) is 16.8 Å². The number of hydrogen-bond donors (Lipinski definition) is 0. The van der Waals surface area contributed by atoms with Crippen LogP contribution >= 0.6 is 11.6 Å². The molecule has 148 valence electrons. The number of hydrogen-bond acceptors (Lipinski definition) is 4. The molecule has 3 aromatic carbocycles. The normalized spacial score (nSPS) is 12.3. The topological polar surface area (TPSA) is 53.4 Å². The van der Waals surface area contributed by atoms with Gasteiger partial charge in [0.05, 0.1) is 13.3 Å². The van der Waals surface area contributed by atoms with Crippen LogP contribution in [0, 0.1) is 0 Å². The molecule has 5 rings (SSSR count). The highest BCUT2D eigenvalue weighted by molar-refractivity contribution is 6.31. The molecule has 5 nitrogen and oxygen atoms in total. The summed E-state index contributed by atoms with van der Waals surface area (Å²) >= 11 is 6.29. The molecule has 1 heterocycles. The molecule has 6 heteroatoms. The molecule has 1 aliphatic carbocycles. The quantitative estimate of drug-likeness (QED) is 0.398. The Balaban J connectivity index is 1.62. The average molecular weight is 417 g/mol. The molecule has 0 saturated heterocycles. The molecular formula is C24H17ClN2O3. The summed E-state index contributed by atoms with van der Waals surface area (Å²) in [4.78, 5) is 13.4. The van der Waals surface area contributed by atoms with Crippen LogP contribution in [0.15, 0.2) is 83.8 Å². The van der Waals surface area contributed by atoms with Gasteiger partial charge in [0.15, 0.2) is 0 Å². The van der Waals surface area contributed by atoms with Gasteiger partial charge in [-0.1, -0.05) is 60.1 Å². The minimum absolute atomic E-state index is 0.0405. The lowest BCUT2D eigenvalue weighted by atomic mass is 10.1. The summed E-state index contributed by atoms with van der Waals surface area (Å²) in [5.41, 5.74) is 3.84. The van der Waals surface area contributed by atoms with Crippen LogP contribution in [0.3, 0.4) is 0 Å². The molecule has 0 bridgehead atoms. The van der Waals surface area contributed by atoms with Gasteiger partial charge in [-0.25, -0.2) is 4.68 Å². The fourth-order valence-electron chi connectivity index (χ4n) is 3.86. The maximum atomic E-state index is 13.4. The van der Waals surface area contributed by atoms with E-state index in [2.05, 4.69) is 17.2 Å². The van der Waals surface area contributed by atoms with E-state index in [0.717, 1.165) is 22.3 Å². The predicted octanol–water partition coefficient (Wildman–Crippen LogP) is 5.32. The van der Waals surface area contributed by atoms with E-state index >= 15 is 0 Å². The minimum Gasteiger partial charge on any atom is -0.497 e. The van der Waals surface area contributed by atoms with Crippen LogP contribution in [0.4, 0.5) is 0 Å². The first-order valence-electron chi connectivity index (χ1n) is 9.45. The number of methoxy groups -OCH3 is 1. The van der Waals surface area contributed by atoms with Gasteiger partial charge in [0.1, 0.15) is 22.6 Å². The summed E-state index contributed by atoms with van der Waals surface area (Å²) in [5.74, 6) is 1.22. The van der Waals surface area contributed by atoms with E-state index < -0.39 is 5.56 Å². The second-order valence-corrected chi connectivity index (χ2v) is 7.33. The Morgan fingerprint density at radius 3 is 2.03 bits per heavy atom. The average Bonchev–Trinajstić information content (AvgIpc) is 3.12. The Morgan fingerprint density at radius 2 is 1.43 bits per heavy atom. The van der Waals surface area contributed by atoms with Crippen molar-refractivity contribution in [3.63, 3.8) is 0 Å². The van der Waals surface area contributed by atoms with Gasteiger partial charge >= 0.3 is 5.56 Å². The highest BCUT2D eigenvalue weighted by atomic mass is 35.5. The highest BCUT2D eigenvalue weighted by Gasteiger charge is 2.32. The van der Waals surface area contributed by atoms with Gasteiger partial charge in [-0.15, -0.1) is 0 Å². The van der Waals surface area contributed by atoms with Crippen molar-refractivity contribution in [2.75, 3.05) is 7.11 Å². The van der Waals surface area contributed by atoms with Crippen molar-refractivity contribution in [3.05, 3.63) is 105 Å². The maximum absolute atomic E-state index is 13.4. The number of ether oxygens (including phenoxy) is 2. The number of nitrogens with zero attached hydrogens (tertiary/aromatic N) is 2. The number of benzene rings is 3. The van der Waals surface area contributed by atoms with Crippen LogP contribution in [0.2, 0.25) is 5.02 Å². The van der Waals surface area contributed by atoms with Gasteiger partial charge in [-0.2, -0.15) is 5.10 Å². The number of halogens is 1. The molecular weight excluding hydrogens is 400 g/mol. The largest absolute Gasteiger partial charge is 0.497 e. The molecule has 0 radical (unpaired) electrons. The van der Waals surface area contributed by atoms with Crippen molar-refractivity contribution in [2.45, 2.75) is 6.04 Å². The van der Waals surface area contributed by atoms with Crippen LogP contribution in [0.5, 0.6) is 17.2 Å². The summed E-state index contributed by atoms with van der Waals surface area (Å²) in [7, 11) is 1.59. The molecule has 0 unspecified atom stereocenters. The Labute approximate surface area is 178 Å². The SMILES string of the molecule is COc1ccc(Oc2c(Cl)cnn(C3c4ccccc4-c4ccccc43)c2=O)cc1. The zero-order valence-electron chi connectivity index (χ0n) is 16.1. The molecule has 0 spiro atoms. The Hall–Kier alpha value is -3.57. The van der Waals surface area contributed by atoms with Crippen LogP contribution in [-0.4, -0.2) is 16.9 Å². The number of rotatable bonds is 4. The Kier molecular flexibility index (Phi) is 4.52. The summed E-state index contributed by atoms with van der Waals surface area (Å²) in [6.07, 6.45) is 1.45. The highest BCUT2D eigenvalue weighted by Crippen LogP contribution is 2.44. The van der Waals surface area contributed by atoms with Gasteiger partial charge in [0.25, 0.3) is 0 Å². The van der Waals surface area contributed by atoms with E-state index in [1.54, 1.807) is 31.4 Å². The van der Waals surface area contributed by atoms with Gasteiger partial charge < -0.3 is 9.47 Å². The third-order valence-corrected chi connectivity index (χ3v) is 5.51. The number of aromatic nitrogens is 2. The Morgan fingerprint density at radius 1 is 0.867 bits per heavy atom. The standard InChI is InChI=1S/C24H17ClN2O3/c1-29-15-10-12-16(13-11-15)30-23-21(25)14-26-27(24(23)28)22-19-8-4-2-6-17(19)18-7-3-5-9-20(18)22/h2-14,22H,1H3. The molecule has 0 atom stereocenters. The van der Waals surface area contributed by atoms with Gasteiger partial charge in [-0.3, -0.25) is 4.79 Å². The Bertz CT molecular complexity index is 1250. The zero-order valence-corrected chi connectivity index (χ0v) is 16.8. The summed E-state index contributed by atoms with van der Waals surface area (Å²) in [6.45, 7) is 0. The molecule has 4 aromatic rings. The lowest BCUT2D eigenvalue weighted by molar-refractivity contribution is 0.412. The first-order valence-corrected chi connectivity index (χ1v) is 9.82. The molecule has 0 N–H and O–H groups in total. The van der Waals surface area contributed by atoms with E-state index in [9.17, 15) is 4.79 Å². The fraction of sp³-hybridized carbons (Fsp3) is 0.0833. The van der Waals surface area contributed by atoms with Crippen LogP contribution in [-0.2, 0) is 0 Å². The zero-order chi connectivity index (χ0) is 20.7. The second kappa shape index (κ2) is 7.35.